The molecule has 0 aromatic carbocycles. The molecule has 0 spiro atoms. The minimum absolute atomic E-state index is 0.177. The zero-order valence-corrected chi connectivity index (χ0v) is 10.1. The lowest BCUT2D eigenvalue weighted by molar-refractivity contribution is 0.145. The van der Waals surface area contributed by atoms with Gasteiger partial charge >= 0.3 is 6.09 Å². The molecule has 0 aliphatic rings. The third kappa shape index (κ3) is 6.06. The topological polar surface area (TPSA) is 59.9 Å². The first kappa shape index (κ1) is 13.9. The van der Waals surface area contributed by atoms with E-state index in [9.17, 15) is 4.79 Å². The monoisotopic (exact) mass is 216 g/mol. The molecule has 0 aliphatic heterocycles. The molecule has 0 heterocycles. The molecule has 0 aromatic heterocycles. The number of amides is 1. The van der Waals surface area contributed by atoms with Crippen LogP contribution in [0.15, 0.2) is 5.16 Å². The van der Waals surface area contributed by atoms with Crippen molar-refractivity contribution in [3.8, 4) is 0 Å². The summed E-state index contributed by atoms with van der Waals surface area (Å²) in [5.74, 6) is 0. The normalized spacial score (nSPS) is 12.5. The first-order valence-corrected chi connectivity index (χ1v) is 4.95. The van der Waals surface area contributed by atoms with Crippen LogP contribution in [0.4, 0.5) is 4.79 Å². The molecule has 5 nitrogen and oxygen atoms in total. The van der Waals surface area contributed by atoms with Gasteiger partial charge in [-0.2, -0.15) is 0 Å². The molecule has 1 N–H and O–H groups in total. The van der Waals surface area contributed by atoms with Crippen LogP contribution in [-0.2, 0) is 9.57 Å². The largest absolute Gasteiger partial charge is 0.433 e. The molecule has 0 fully saturated rings. The van der Waals surface area contributed by atoms with Crippen LogP contribution >= 0.6 is 0 Å². The van der Waals surface area contributed by atoms with Gasteiger partial charge in [0.1, 0.15) is 0 Å². The number of hydrogen-bond donors (Lipinski definition) is 1. The summed E-state index contributed by atoms with van der Waals surface area (Å²) < 4.78 is 5.25. The Kier molecular flexibility index (Phi) is 5.93. The molecule has 15 heavy (non-hydrogen) atoms. The van der Waals surface area contributed by atoms with E-state index in [0.717, 1.165) is 0 Å². The number of oxime groups is 1. The second-order valence-electron chi connectivity index (χ2n) is 4.05. The molecular formula is C10H20N2O3. The van der Waals surface area contributed by atoms with Crippen LogP contribution in [0.2, 0.25) is 0 Å². The standard InChI is InChI=1S/C10H20N2O3/c1-6-14-7-8(10(2,3)4)12-15-9(13)11-5/h6-7H2,1-5H3,(H,11,13). The van der Waals surface area contributed by atoms with Crippen molar-refractivity contribution in [1.29, 1.82) is 0 Å². The maximum atomic E-state index is 10.8. The Morgan fingerprint density at radius 3 is 2.40 bits per heavy atom. The summed E-state index contributed by atoms with van der Waals surface area (Å²) in [6, 6.07) is 0. The highest BCUT2D eigenvalue weighted by Crippen LogP contribution is 2.16. The van der Waals surface area contributed by atoms with E-state index < -0.39 is 6.09 Å². The smallest absolute Gasteiger partial charge is 0.376 e. The maximum Gasteiger partial charge on any atom is 0.433 e. The average molecular weight is 216 g/mol. The molecule has 0 unspecified atom stereocenters. The van der Waals surface area contributed by atoms with Crippen molar-refractivity contribution in [3.05, 3.63) is 0 Å². The SMILES string of the molecule is CCOCC(=NOC(=O)NC)C(C)(C)C. The number of carbonyl (C=O) groups is 1. The fourth-order valence-corrected chi connectivity index (χ4v) is 0.721. The molecule has 0 radical (unpaired) electrons. The lowest BCUT2D eigenvalue weighted by Gasteiger charge is -2.20. The van der Waals surface area contributed by atoms with E-state index in [-0.39, 0.29) is 5.41 Å². The van der Waals surface area contributed by atoms with E-state index in [1.165, 1.54) is 7.05 Å². The van der Waals surface area contributed by atoms with Gasteiger partial charge in [0.2, 0.25) is 0 Å². The van der Waals surface area contributed by atoms with Crippen LogP contribution in [-0.4, -0.2) is 32.1 Å². The van der Waals surface area contributed by atoms with Gasteiger partial charge < -0.3 is 10.1 Å². The number of nitrogens with zero attached hydrogens (tertiary/aromatic N) is 1. The summed E-state index contributed by atoms with van der Waals surface area (Å²) in [5, 5.41) is 6.10. The quantitative estimate of drug-likeness (QED) is 0.442. The van der Waals surface area contributed by atoms with Crippen molar-refractivity contribution in [2.24, 2.45) is 10.6 Å². The molecule has 0 saturated heterocycles. The highest BCUT2D eigenvalue weighted by molar-refractivity contribution is 5.90. The first-order valence-electron chi connectivity index (χ1n) is 4.95. The number of ether oxygens (including phenoxy) is 1. The summed E-state index contributed by atoms with van der Waals surface area (Å²) >= 11 is 0. The lowest BCUT2D eigenvalue weighted by Crippen LogP contribution is -2.27. The zero-order chi connectivity index (χ0) is 11.9. The van der Waals surface area contributed by atoms with Gasteiger partial charge in [-0.3, -0.25) is 4.84 Å². The van der Waals surface area contributed by atoms with E-state index >= 15 is 0 Å². The third-order valence-electron chi connectivity index (χ3n) is 1.75. The van der Waals surface area contributed by atoms with Crippen molar-refractivity contribution < 1.29 is 14.4 Å². The zero-order valence-electron chi connectivity index (χ0n) is 10.1. The molecule has 1 amide bonds. The van der Waals surface area contributed by atoms with Gasteiger partial charge in [0.25, 0.3) is 0 Å². The number of nitrogens with one attached hydrogen (secondary N) is 1. The Balaban J connectivity index is 4.41. The highest BCUT2D eigenvalue weighted by Gasteiger charge is 2.20. The second kappa shape index (κ2) is 6.40. The first-order chi connectivity index (χ1) is 6.91. The number of hydrogen-bond acceptors (Lipinski definition) is 4. The van der Waals surface area contributed by atoms with Crippen molar-refractivity contribution in [1.82, 2.24) is 5.32 Å². The predicted octanol–water partition coefficient (Wildman–Crippen LogP) is 1.78. The molecule has 5 heteroatoms. The predicted molar refractivity (Wildman–Crippen MR) is 58.9 cm³/mol. The van der Waals surface area contributed by atoms with Crippen LogP contribution in [0.3, 0.4) is 0 Å². The average Bonchev–Trinajstić information content (AvgIpc) is 2.15. The fraction of sp³-hybridized carbons (Fsp3) is 0.800. The van der Waals surface area contributed by atoms with Gasteiger partial charge in [-0.1, -0.05) is 25.9 Å². The Morgan fingerprint density at radius 2 is 2.00 bits per heavy atom. The Labute approximate surface area is 90.8 Å². The van der Waals surface area contributed by atoms with E-state index in [0.29, 0.717) is 18.9 Å². The molecule has 0 bridgehead atoms. The van der Waals surface area contributed by atoms with Gasteiger partial charge in [-0.15, -0.1) is 0 Å². The minimum Gasteiger partial charge on any atom is -0.376 e. The summed E-state index contributed by atoms with van der Waals surface area (Å²) in [4.78, 5) is 15.5. The summed E-state index contributed by atoms with van der Waals surface area (Å²) in [6.45, 7) is 8.83. The number of rotatable bonds is 4. The van der Waals surface area contributed by atoms with Crippen LogP contribution < -0.4 is 5.32 Å². The van der Waals surface area contributed by atoms with Gasteiger partial charge in [-0.25, -0.2) is 4.79 Å². The summed E-state index contributed by atoms with van der Waals surface area (Å²) in [5.41, 5.74) is 0.524. The second-order valence-corrected chi connectivity index (χ2v) is 4.05. The van der Waals surface area contributed by atoms with Gasteiger partial charge in [0.15, 0.2) is 0 Å². The molecule has 88 valence electrons. The van der Waals surface area contributed by atoms with Crippen molar-refractivity contribution in [3.63, 3.8) is 0 Å². The molecule has 0 atom stereocenters. The third-order valence-corrected chi connectivity index (χ3v) is 1.75. The van der Waals surface area contributed by atoms with Crippen molar-refractivity contribution >= 4 is 11.8 Å². The maximum absolute atomic E-state index is 10.8. The van der Waals surface area contributed by atoms with E-state index in [1.807, 2.05) is 27.7 Å². The van der Waals surface area contributed by atoms with Crippen LogP contribution in [0.1, 0.15) is 27.7 Å². The van der Waals surface area contributed by atoms with Crippen LogP contribution in [0, 0.1) is 5.41 Å². The van der Waals surface area contributed by atoms with E-state index in [2.05, 4.69) is 15.3 Å². The van der Waals surface area contributed by atoms with Crippen molar-refractivity contribution in [2.75, 3.05) is 20.3 Å². The number of carbonyl (C=O) groups excluding carboxylic acids is 1. The summed E-state index contributed by atoms with van der Waals surface area (Å²) in [7, 11) is 1.48. The molecule has 0 saturated carbocycles. The molecule has 0 aliphatic carbocycles. The van der Waals surface area contributed by atoms with Gasteiger partial charge in [-0.05, 0) is 6.92 Å². The Hall–Kier alpha value is -1.10. The molecular weight excluding hydrogens is 196 g/mol. The highest BCUT2D eigenvalue weighted by atomic mass is 16.7. The lowest BCUT2D eigenvalue weighted by atomic mass is 9.90. The van der Waals surface area contributed by atoms with Crippen LogP contribution in [0.5, 0.6) is 0 Å². The Bertz CT molecular complexity index is 231. The summed E-state index contributed by atoms with van der Waals surface area (Å²) in [6.07, 6.45) is -0.576. The van der Waals surface area contributed by atoms with Gasteiger partial charge in [0, 0.05) is 19.1 Å². The Morgan fingerprint density at radius 1 is 1.40 bits per heavy atom. The fourth-order valence-electron chi connectivity index (χ4n) is 0.721. The van der Waals surface area contributed by atoms with Crippen LogP contribution in [0.25, 0.3) is 0 Å². The van der Waals surface area contributed by atoms with E-state index in [4.69, 9.17) is 4.74 Å². The minimum atomic E-state index is -0.576. The van der Waals surface area contributed by atoms with Gasteiger partial charge in [0.05, 0.1) is 12.3 Å². The molecule has 0 aromatic rings. The van der Waals surface area contributed by atoms with E-state index in [1.54, 1.807) is 0 Å². The van der Waals surface area contributed by atoms with Crippen molar-refractivity contribution in [2.45, 2.75) is 27.7 Å². The molecule has 0 rings (SSSR count).